The molecule has 5 rings (SSSR count). The van der Waals surface area contributed by atoms with E-state index in [0.717, 1.165) is 47.1 Å². The summed E-state index contributed by atoms with van der Waals surface area (Å²) in [5, 5.41) is 9.33. The number of carbonyl (C=O) groups excluding carboxylic acids is 2. The highest BCUT2D eigenvalue weighted by molar-refractivity contribution is 6.08. The number of aliphatic hydroxyl groups is 1. The van der Waals surface area contributed by atoms with Gasteiger partial charge in [0.1, 0.15) is 12.3 Å². The number of esters is 1. The Morgan fingerprint density at radius 1 is 1.22 bits per heavy atom. The Balaban J connectivity index is 1.62. The van der Waals surface area contributed by atoms with Crippen LogP contribution in [0.25, 0.3) is 16.7 Å². The van der Waals surface area contributed by atoms with Gasteiger partial charge in [0.2, 0.25) is 5.91 Å². The third kappa shape index (κ3) is 3.03. The average molecular weight is 430 g/mol. The summed E-state index contributed by atoms with van der Waals surface area (Å²) in [7, 11) is 0. The minimum atomic E-state index is -0.444. The SMILES string of the molecule is C=CCOC(=O)C1=C2c3cc(-c4ccc(CO)cc4)ccc3CC[C@@H]2C2[C@@H](CC)C(=O)N12. The standard InChI is InChI=1S/C27H27NO4/c1-3-13-32-27(31)25-23-21(24-20(4-2)26(30)28(24)25)12-11-18-9-10-19(14-22(18)23)17-7-5-16(15-29)6-8-17/h3,5-10,14,20-21,24,29H,1,4,11-13,15H2,2H3/t20-,21+,24?/m1/s1. The second-order valence-electron chi connectivity index (χ2n) is 8.74. The molecule has 0 bridgehead atoms. The Hall–Kier alpha value is -3.18. The number of ether oxygens (including phenoxy) is 1. The molecule has 1 saturated heterocycles. The molecule has 1 N–H and O–H groups in total. The first-order valence-electron chi connectivity index (χ1n) is 11.3. The summed E-state index contributed by atoms with van der Waals surface area (Å²) >= 11 is 0. The van der Waals surface area contributed by atoms with E-state index in [1.165, 1.54) is 5.56 Å². The molecule has 1 unspecified atom stereocenters. The van der Waals surface area contributed by atoms with Crippen molar-refractivity contribution in [3.63, 3.8) is 0 Å². The highest BCUT2D eigenvalue weighted by Crippen LogP contribution is 2.55. The first-order valence-corrected chi connectivity index (χ1v) is 11.3. The number of β-lactam (4-membered cyclic amide) rings is 1. The number of benzene rings is 2. The first kappa shape index (κ1) is 20.7. The lowest BCUT2D eigenvalue weighted by Gasteiger charge is -2.46. The van der Waals surface area contributed by atoms with Crippen molar-refractivity contribution >= 4 is 17.4 Å². The Bertz CT molecular complexity index is 1130. The zero-order valence-corrected chi connectivity index (χ0v) is 18.2. The molecule has 2 aliphatic heterocycles. The molecule has 2 aromatic rings. The molecule has 32 heavy (non-hydrogen) atoms. The Morgan fingerprint density at radius 2 is 1.97 bits per heavy atom. The molecule has 5 heteroatoms. The van der Waals surface area contributed by atoms with Gasteiger partial charge >= 0.3 is 5.97 Å². The topological polar surface area (TPSA) is 66.8 Å². The van der Waals surface area contributed by atoms with Gasteiger partial charge in [0.05, 0.1) is 18.6 Å². The van der Waals surface area contributed by atoms with Gasteiger partial charge in [-0.3, -0.25) is 4.79 Å². The number of rotatable bonds is 6. The zero-order chi connectivity index (χ0) is 22.4. The average Bonchev–Trinajstić information content (AvgIpc) is 3.14. The number of hydrogen-bond acceptors (Lipinski definition) is 4. The fourth-order valence-corrected chi connectivity index (χ4v) is 5.57. The van der Waals surface area contributed by atoms with Gasteiger partial charge in [-0.15, -0.1) is 0 Å². The summed E-state index contributed by atoms with van der Waals surface area (Å²) in [5.41, 5.74) is 6.59. The number of aryl methyl sites for hydroxylation is 1. The van der Waals surface area contributed by atoms with Crippen LogP contribution in [0.5, 0.6) is 0 Å². The second kappa shape index (κ2) is 8.06. The van der Waals surface area contributed by atoms with Gasteiger partial charge in [0, 0.05) is 5.92 Å². The maximum Gasteiger partial charge on any atom is 0.355 e. The quantitative estimate of drug-likeness (QED) is 0.427. The van der Waals surface area contributed by atoms with Crippen molar-refractivity contribution in [1.82, 2.24) is 4.90 Å². The molecular weight excluding hydrogens is 402 g/mol. The lowest BCUT2D eigenvalue weighted by Crippen LogP contribution is -2.60. The van der Waals surface area contributed by atoms with E-state index < -0.39 is 5.97 Å². The van der Waals surface area contributed by atoms with Crippen molar-refractivity contribution in [3.8, 4) is 11.1 Å². The molecule has 5 nitrogen and oxygen atoms in total. The Morgan fingerprint density at radius 3 is 2.66 bits per heavy atom. The van der Waals surface area contributed by atoms with Gasteiger partial charge in [-0.05, 0) is 58.7 Å². The van der Waals surface area contributed by atoms with E-state index in [-0.39, 0.29) is 37.0 Å². The van der Waals surface area contributed by atoms with E-state index >= 15 is 0 Å². The molecule has 1 aliphatic carbocycles. The Labute approximate surface area is 188 Å². The lowest BCUT2D eigenvalue weighted by atomic mass is 9.71. The van der Waals surface area contributed by atoms with E-state index in [1.54, 1.807) is 11.0 Å². The van der Waals surface area contributed by atoms with Crippen LogP contribution < -0.4 is 0 Å². The van der Waals surface area contributed by atoms with E-state index in [4.69, 9.17) is 4.74 Å². The minimum absolute atomic E-state index is 0.0130. The summed E-state index contributed by atoms with van der Waals surface area (Å²) in [6, 6.07) is 14.3. The molecule has 1 amide bonds. The first-order chi connectivity index (χ1) is 15.6. The second-order valence-corrected chi connectivity index (χ2v) is 8.74. The molecule has 0 spiro atoms. The van der Waals surface area contributed by atoms with Crippen LogP contribution in [0.2, 0.25) is 0 Å². The number of nitrogens with zero attached hydrogens (tertiary/aromatic N) is 1. The van der Waals surface area contributed by atoms with Crippen LogP contribution in [-0.2, 0) is 27.4 Å². The van der Waals surface area contributed by atoms with E-state index in [9.17, 15) is 14.7 Å². The summed E-state index contributed by atoms with van der Waals surface area (Å²) in [4.78, 5) is 27.7. The maximum absolute atomic E-state index is 13.1. The van der Waals surface area contributed by atoms with Gasteiger partial charge in [0.15, 0.2) is 0 Å². The largest absolute Gasteiger partial charge is 0.457 e. The van der Waals surface area contributed by atoms with Gasteiger partial charge in [-0.2, -0.15) is 0 Å². The number of fused-ring (bicyclic) bond motifs is 5. The summed E-state index contributed by atoms with van der Waals surface area (Å²) in [5.74, 6) is -0.290. The van der Waals surface area contributed by atoms with Crippen LogP contribution in [0.1, 0.15) is 36.5 Å². The third-order valence-corrected chi connectivity index (χ3v) is 7.10. The molecule has 1 fully saturated rings. The van der Waals surface area contributed by atoms with E-state index in [0.29, 0.717) is 5.70 Å². The van der Waals surface area contributed by atoms with Crippen molar-refractivity contribution in [1.29, 1.82) is 0 Å². The molecule has 0 aromatic heterocycles. The number of hydrogen-bond donors (Lipinski definition) is 1. The van der Waals surface area contributed by atoms with Crippen LogP contribution in [0.15, 0.2) is 60.8 Å². The fraction of sp³-hybridized carbons (Fsp3) is 0.333. The predicted molar refractivity (Wildman–Crippen MR) is 122 cm³/mol. The maximum atomic E-state index is 13.1. The Kier molecular flexibility index (Phi) is 5.22. The van der Waals surface area contributed by atoms with E-state index in [2.05, 4.69) is 24.8 Å². The summed E-state index contributed by atoms with van der Waals surface area (Å²) < 4.78 is 5.42. The van der Waals surface area contributed by atoms with Gasteiger partial charge in [-0.1, -0.05) is 56.0 Å². The molecule has 0 radical (unpaired) electrons. The van der Waals surface area contributed by atoms with Crippen molar-refractivity contribution in [2.75, 3.05) is 6.61 Å². The van der Waals surface area contributed by atoms with Gasteiger partial charge < -0.3 is 14.7 Å². The third-order valence-electron chi connectivity index (χ3n) is 7.10. The molecular formula is C27H27NO4. The van der Waals surface area contributed by atoms with Gasteiger partial charge in [0.25, 0.3) is 0 Å². The summed E-state index contributed by atoms with van der Waals surface area (Å²) in [6.45, 7) is 5.81. The van der Waals surface area contributed by atoms with Gasteiger partial charge in [-0.25, -0.2) is 4.79 Å². The van der Waals surface area contributed by atoms with Crippen LogP contribution >= 0.6 is 0 Å². The molecule has 2 aromatic carbocycles. The van der Waals surface area contributed by atoms with E-state index in [1.807, 2.05) is 31.2 Å². The van der Waals surface area contributed by atoms with Crippen molar-refractivity contribution in [2.24, 2.45) is 11.8 Å². The lowest BCUT2D eigenvalue weighted by molar-refractivity contribution is -0.158. The minimum Gasteiger partial charge on any atom is -0.457 e. The summed E-state index contributed by atoms with van der Waals surface area (Å²) in [6.07, 6.45) is 4.18. The monoisotopic (exact) mass is 429 g/mol. The highest BCUT2D eigenvalue weighted by atomic mass is 16.5. The molecule has 3 atom stereocenters. The predicted octanol–water partition coefficient (Wildman–Crippen LogP) is 4.10. The van der Waals surface area contributed by atoms with Crippen LogP contribution in [-0.4, -0.2) is 34.5 Å². The van der Waals surface area contributed by atoms with Crippen LogP contribution in [0, 0.1) is 11.8 Å². The van der Waals surface area contributed by atoms with Crippen molar-refractivity contribution in [3.05, 3.63) is 77.5 Å². The molecule has 0 saturated carbocycles. The smallest absolute Gasteiger partial charge is 0.355 e. The zero-order valence-electron chi connectivity index (χ0n) is 18.2. The normalized spacial score (nSPS) is 23.2. The molecule has 164 valence electrons. The fourth-order valence-electron chi connectivity index (χ4n) is 5.57. The number of carbonyl (C=O) groups is 2. The number of aliphatic hydroxyl groups excluding tert-OH is 1. The van der Waals surface area contributed by atoms with Crippen molar-refractivity contribution < 1.29 is 19.4 Å². The van der Waals surface area contributed by atoms with Crippen LogP contribution in [0.3, 0.4) is 0 Å². The van der Waals surface area contributed by atoms with Crippen molar-refractivity contribution in [2.45, 2.75) is 38.8 Å². The number of amides is 1. The van der Waals surface area contributed by atoms with Crippen LogP contribution in [0.4, 0.5) is 0 Å². The molecule has 2 heterocycles. The molecule has 3 aliphatic rings. The highest BCUT2D eigenvalue weighted by Gasteiger charge is 2.59.